The lowest BCUT2D eigenvalue weighted by Crippen LogP contribution is -2.05. The van der Waals surface area contributed by atoms with Crippen molar-refractivity contribution in [2.45, 2.75) is 6.54 Å². The van der Waals surface area contributed by atoms with Gasteiger partial charge in [0, 0.05) is 24.9 Å². The van der Waals surface area contributed by atoms with E-state index >= 15 is 0 Å². The van der Waals surface area contributed by atoms with Crippen molar-refractivity contribution in [3.05, 3.63) is 63.8 Å². The Kier molecular flexibility index (Phi) is 4.45. The molecule has 7 nitrogen and oxygen atoms in total. The van der Waals surface area contributed by atoms with Crippen LogP contribution in [0.1, 0.15) is 15.9 Å². The van der Waals surface area contributed by atoms with Crippen molar-refractivity contribution in [2.24, 2.45) is 0 Å². The minimum Gasteiger partial charge on any atom is -0.465 e. The van der Waals surface area contributed by atoms with Crippen molar-refractivity contribution in [1.82, 2.24) is 4.98 Å². The molecule has 7 heteroatoms. The van der Waals surface area contributed by atoms with Gasteiger partial charge in [0.25, 0.3) is 5.69 Å². The molecule has 1 heterocycles. The highest BCUT2D eigenvalue weighted by Gasteiger charge is 2.08. The first-order chi connectivity index (χ1) is 10.1. The summed E-state index contributed by atoms with van der Waals surface area (Å²) in [6, 6.07) is 9.40. The smallest absolute Gasteiger partial charge is 0.338 e. The molecule has 1 aromatic carbocycles. The lowest BCUT2D eigenvalue weighted by atomic mass is 10.2. The zero-order chi connectivity index (χ0) is 15.2. The van der Waals surface area contributed by atoms with Crippen LogP contribution in [-0.2, 0) is 11.3 Å². The molecule has 1 aromatic heterocycles. The van der Waals surface area contributed by atoms with Gasteiger partial charge in [0.1, 0.15) is 5.82 Å². The van der Waals surface area contributed by atoms with Gasteiger partial charge in [-0.15, -0.1) is 0 Å². The number of hydrogen-bond donors (Lipinski definition) is 1. The van der Waals surface area contributed by atoms with Crippen molar-refractivity contribution >= 4 is 17.5 Å². The number of rotatable bonds is 5. The van der Waals surface area contributed by atoms with Gasteiger partial charge in [0.2, 0.25) is 0 Å². The van der Waals surface area contributed by atoms with E-state index < -0.39 is 10.9 Å². The number of nitro benzene ring substituents is 1. The molecule has 0 aliphatic carbocycles. The molecular weight excluding hydrogens is 274 g/mol. The van der Waals surface area contributed by atoms with Gasteiger partial charge < -0.3 is 10.1 Å². The van der Waals surface area contributed by atoms with Gasteiger partial charge in [-0.25, -0.2) is 9.78 Å². The van der Waals surface area contributed by atoms with Crippen molar-refractivity contribution < 1.29 is 14.5 Å². The number of anilines is 1. The maximum atomic E-state index is 11.4. The number of carbonyl (C=O) groups is 1. The Morgan fingerprint density at radius 1 is 1.38 bits per heavy atom. The SMILES string of the molecule is COC(=O)c1ccnc(NCc2cccc([N+](=O)[O-])c2)c1. The third kappa shape index (κ3) is 3.75. The summed E-state index contributed by atoms with van der Waals surface area (Å²) in [5, 5.41) is 13.7. The summed E-state index contributed by atoms with van der Waals surface area (Å²) in [5.41, 5.74) is 1.16. The summed E-state index contributed by atoms with van der Waals surface area (Å²) >= 11 is 0. The van der Waals surface area contributed by atoms with Crippen LogP contribution in [0, 0.1) is 10.1 Å². The first-order valence-corrected chi connectivity index (χ1v) is 6.11. The quantitative estimate of drug-likeness (QED) is 0.515. The summed E-state index contributed by atoms with van der Waals surface area (Å²) in [6.45, 7) is 0.360. The van der Waals surface area contributed by atoms with Crippen LogP contribution >= 0.6 is 0 Å². The van der Waals surface area contributed by atoms with Gasteiger partial charge in [0.15, 0.2) is 0 Å². The fourth-order valence-corrected chi connectivity index (χ4v) is 1.74. The minimum atomic E-state index is -0.448. The van der Waals surface area contributed by atoms with E-state index in [1.165, 1.54) is 25.4 Å². The maximum absolute atomic E-state index is 11.4. The highest BCUT2D eigenvalue weighted by atomic mass is 16.6. The maximum Gasteiger partial charge on any atom is 0.338 e. The molecule has 0 spiro atoms. The topological polar surface area (TPSA) is 94.4 Å². The second kappa shape index (κ2) is 6.47. The molecule has 0 aliphatic heterocycles. The Morgan fingerprint density at radius 3 is 2.90 bits per heavy atom. The third-order valence-electron chi connectivity index (χ3n) is 2.78. The molecule has 0 saturated carbocycles. The second-order valence-electron chi connectivity index (χ2n) is 4.20. The molecule has 0 bridgehead atoms. The molecule has 0 atom stereocenters. The lowest BCUT2D eigenvalue weighted by Gasteiger charge is -2.07. The number of benzene rings is 1. The van der Waals surface area contributed by atoms with Crippen LogP contribution in [0.2, 0.25) is 0 Å². The number of nitro groups is 1. The van der Waals surface area contributed by atoms with E-state index in [0.29, 0.717) is 17.9 Å². The molecule has 2 rings (SSSR count). The van der Waals surface area contributed by atoms with Gasteiger partial charge >= 0.3 is 5.97 Å². The summed E-state index contributed by atoms with van der Waals surface area (Å²) in [7, 11) is 1.30. The van der Waals surface area contributed by atoms with Crippen LogP contribution in [0.15, 0.2) is 42.6 Å². The Hall–Kier alpha value is -2.96. The zero-order valence-corrected chi connectivity index (χ0v) is 11.3. The van der Waals surface area contributed by atoms with Crippen LogP contribution in [0.5, 0.6) is 0 Å². The first kappa shape index (κ1) is 14.4. The molecular formula is C14H13N3O4. The van der Waals surface area contributed by atoms with E-state index in [2.05, 4.69) is 15.0 Å². The Morgan fingerprint density at radius 2 is 2.19 bits per heavy atom. The standard InChI is InChI=1S/C14H13N3O4/c1-21-14(18)11-5-6-15-13(8-11)16-9-10-3-2-4-12(7-10)17(19)20/h2-8H,9H2,1H3,(H,15,16). The van der Waals surface area contributed by atoms with Crippen LogP contribution in [0.3, 0.4) is 0 Å². The minimum absolute atomic E-state index is 0.0329. The van der Waals surface area contributed by atoms with Crippen LogP contribution in [0.4, 0.5) is 11.5 Å². The number of hydrogen-bond acceptors (Lipinski definition) is 6. The van der Waals surface area contributed by atoms with Crippen LogP contribution in [0.25, 0.3) is 0 Å². The van der Waals surface area contributed by atoms with Crippen molar-refractivity contribution in [1.29, 1.82) is 0 Å². The average molecular weight is 287 g/mol. The largest absolute Gasteiger partial charge is 0.465 e. The first-order valence-electron chi connectivity index (χ1n) is 6.11. The summed E-state index contributed by atoms with van der Waals surface area (Å²) in [6.07, 6.45) is 1.49. The van der Waals surface area contributed by atoms with E-state index in [0.717, 1.165) is 5.56 Å². The fraction of sp³-hybridized carbons (Fsp3) is 0.143. The molecule has 108 valence electrons. The van der Waals surface area contributed by atoms with Crippen molar-refractivity contribution in [3.8, 4) is 0 Å². The van der Waals surface area contributed by atoms with Gasteiger partial charge in [0.05, 0.1) is 17.6 Å². The van der Waals surface area contributed by atoms with E-state index in [1.807, 2.05) is 0 Å². The molecule has 0 unspecified atom stereocenters. The molecule has 0 fully saturated rings. The fourth-order valence-electron chi connectivity index (χ4n) is 1.74. The number of pyridine rings is 1. The lowest BCUT2D eigenvalue weighted by molar-refractivity contribution is -0.384. The third-order valence-corrected chi connectivity index (χ3v) is 2.78. The molecule has 2 aromatic rings. The molecule has 0 aliphatic rings. The van der Waals surface area contributed by atoms with Crippen molar-refractivity contribution in [3.63, 3.8) is 0 Å². The number of aromatic nitrogens is 1. The number of carbonyl (C=O) groups excluding carboxylic acids is 1. The molecule has 1 N–H and O–H groups in total. The molecule has 0 amide bonds. The number of nitrogens with zero attached hydrogens (tertiary/aromatic N) is 2. The van der Waals surface area contributed by atoms with Crippen LogP contribution < -0.4 is 5.32 Å². The van der Waals surface area contributed by atoms with Gasteiger partial charge in [-0.2, -0.15) is 0 Å². The van der Waals surface area contributed by atoms with Gasteiger partial charge in [-0.05, 0) is 17.7 Å². The highest BCUT2D eigenvalue weighted by Crippen LogP contribution is 2.15. The number of esters is 1. The molecule has 21 heavy (non-hydrogen) atoms. The van der Waals surface area contributed by atoms with Gasteiger partial charge in [-0.1, -0.05) is 12.1 Å². The predicted octanol–water partition coefficient (Wildman–Crippen LogP) is 2.39. The number of methoxy groups -OCH3 is 1. The van der Waals surface area contributed by atoms with E-state index in [9.17, 15) is 14.9 Å². The summed E-state index contributed by atoms with van der Waals surface area (Å²) < 4.78 is 4.63. The second-order valence-corrected chi connectivity index (χ2v) is 4.20. The van der Waals surface area contributed by atoms with Crippen LogP contribution in [-0.4, -0.2) is 23.0 Å². The van der Waals surface area contributed by atoms with E-state index in [1.54, 1.807) is 24.3 Å². The van der Waals surface area contributed by atoms with Crippen molar-refractivity contribution in [2.75, 3.05) is 12.4 Å². The van der Waals surface area contributed by atoms with E-state index in [4.69, 9.17) is 0 Å². The Labute approximate surface area is 120 Å². The number of nitrogens with one attached hydrogen (secondary N) is 1. The summed E-state index contributed by atoms with van der Waals surface area (Å²) in [5.74, 6) is 0.0419. The zero-order valence-electron chi connectivity index (χ0n) is 11.3. The van der Waals surface area contributed by atoms with Gasteiger partial charge in [-0.3, -0.25) is 10.1 Å². The number of non-ortho nitro benzene ring substituents is 1. The highest BCUT2D eigenvalue weighted by molar-refractivity contribution is 5.89. The Balaban J connectivity index is 2.08. The predicted molar refractivity (Wildman–Crippen MR) is 76.0 cm³/mol. The average Bonchev–Trinajstić information content (AvgIpc) is 2.52. The molecule has 0 saturated heterocycles. The normalized spacial score (nSPS) is 9.95. The Bertz CT molecular complexity index is 673. The monoisotopic (exact) mass is 287 g/mol. The number of ether oxygens (including phenoxy) is 1. The van der Waals surface area contributed by atoms with E-state index in [-0.39, 0.29) is 5.69 Å². The molecule has 0 radical (unpaired) electrons. The summed E-state index contributed by atoms with van der Waals surface area (Å²) in [4.78, 5) is 25.7.